The van der Waals surface area contributed by atoms with Crippen LogP contribution in [0.15, 0.2) is 30.3 Å². The maximum Gasteiger partial charge on any atom is 0.150 e. The Morgan fingerprint density at radius 3 is 3.00 bits per heavy atom. The van der Waals surface area contributed by atoms with E-state index in [0.29, 0.717) is 5.92 Å². The van der Waals surface area contributed by atoms with Crippen LogP contribution in [-0.4, -0.2) is 32.5 Å². The minimum absolute atomic E-state index is 0.619. The number of fused-ring (bicyclic) bond motifs is 2. The lowest BCUT2D eigenvalue weighted by Crippen LogP contribution is -2.41. The number of aryl methyl sites for hydroxylation is 2. The average Bonchev–Trinajstić information content (AvgIpc) is 3.10. The molecule has 3 aliphatic rings. The predicted octanol–water partition coefficient (Wildman–Crippen LogP) is 3.54. The Kier molecular flexibility index (Phi) is 3.46. The molecule has 1 fully saturated rings. The molecule has 0 aromatic heterocycles. The number of anilines is 1. The van der Waals surface area contributed by atoms with E-state index in [1.165, 1.54) is 41.9 Å². The molecule has 0 aliphatic carbocycles. The van der Waals surface area contributed by atoms with Crippen molar-refractivity contribution >= 4 is 12.0 Å². The SMILES string of the molecule is Cc1ccc(-c2cc3c4c(c2)[C@@H]2CNC[C@@H]2CN4CCC3)c(C=O)c1. The van der Waals surface area contributed by atoms with Gasteiger partial charge in [-0.3, -0.25) is 4.79 Å². The van der Waals surface area contributed by atoms with Crippen LogP contribution in [0.5, 0.6) is 0 Å². The van der Waals surface area contributed by atoms with Crippen molar-refractivity contribution in [1.82, 2.24) is 5.32 Å². The number of aldehydes is 1. The Hall–Kier alpha value is -2.13. The molecule has 0 saturated carbocycles. The molecule has 0 radical (unpaired) electrons. The molecule has 3 aliphatic heterocycles. The van der Waals surface area contributed by atoms with Gasteiger partial charge in [0, 0.05) is 43.3 Å². The van der Waals surface area contributed by atoms with Crippen LogP contribution in [0.1, 0.15) is 39.4 Å². The number of hydrogen-bond acceptors (Lipinski definition) is 3. The summed E-state index contributed by atoms with van der Waals surface area (Å²) < 4.78 is 0. The average molecular weight is 332 g/mol. The van der Waals surface area contributed by atoms with Crippen LogP contribution in [0, 0.1) is 12.8 Å². The van der Waals surface area contributed by atoms with Crippen molar-refractivity contribution in [2.24, 2.45) is 5.92 Å². The van der Waals surface area contributed by atoms with Crippen LogP contribution in [0.4, 0.5) is 5.69 Å². The Morgan fingerprint density at radius 1 is 1.20 bits per heavy atom. The maximum absolute atomic E-state index is 11.6. The first-order valence-electron chi connectivity index (χ1n) is 9.43. The molecule has 5 rings (SSSR count). The monoisotopic (exact) mass is 332 g/mol. The molecule has 25 heavy (non-hydrogen) atoms. The molecule has 2 aromatic rings. The lowest BCUT2D eigenvalue weighted by molar-refractivity contribution is 0.112. The van der Waals surface area contributed by atoms with E-state index < -0.39 is 0 Å². The molecule has 0 spiro atoms. The first-order chi connectivity index (χ1) is 12.2. The molecule has 1 saturated heterocycles. The second kappa shape index (κ2) is 5.70. The molecule has 3 nitrogen and oxygen atoms in total. The Bertz CT molecular complexity index is 857. The number of carbonyl (C=O) groups excluding carboxylic acids is 1. The first-order valence-corrected chi connectivity index (χ1v) is 9.43. The van der Waals surface area contributed by atoms with Crippen molar-refractivity contribution in [3.63, 3.8) is 0 Å². The van der Waals surface area contributed by atoms with Crippen molar-refractivity contribution < 1.29 is 4.79 Å². The van der Waals surface area contributed by atoms with E-state index in [-0.39, 0.29) is 0 Å². The molecule has 0 amide bonds. The summed E-state index contributed by atoms with van der Waals surface area (Å²) in [5.74, 6) is 1.34. The third-order valence-electron chi connectivity index (χ3n) is 6.25. The highest BCUT2D eigenvalue weighted by atomic mass is 16.1. The molecular formula is C22H24N2O. The van der Waals surface area contributed by atoms with Crippen molar-refractivity contribution in [3.8, 4) is 11.1 Å². The van der Waals surface area contributed by atoms with Crippen molar-refractivity contribution in [2.75, 3.05) is 31.1 Å². The van der Waals surface area contributed by atoms with Gasteiger partial charge < -0.3 is 10.2 Å². The Morgan fingerprint density at radius 2 is 2.12 bits per heavy atom. The third kappa shape index (κ3) is 2.33. The molecule has 3 heteroatoms. The van der Waals surface area contributed by atoms with Gasteiger partial charge in [0.25, 0.3) is 0 Å². The van der Waals surface area contributed by atoms with Crippen molar-refractivity contribution in [1.29, 1.82) is 0 Å². The van der Waals surface area contributed by atoms with Gasteiger partial charge in [-0.1, -0.05) is 17.7 Å². The lowest BCUT2D eigenvalue weighted by atomic mass is 9.78. The highest BCUT2D eigenvalue weighted by Gasteiger charge is 2.38. The zero-order valence-electron chi connectivity index (χ0n) is 14.7. The molecule has 2 atom stereocenters. The van der Waals surface area contributed by atoms with Crippen LogP contribution >= 0.6 is 0 Å². The minimum Gasteiger partial charge on any atom is -0.371 e. The zero-order valence-corrected chi connectivity index (χ0v) is 14.7. The van der Waals surface area contributed by atoms with Gasteiger partial charge >= 0.3 is 0 Å². The molecule has 128 valence electrons. The van der Waals surface area contributed by atoms with Gasteiger partial charge in [-0.25, -0.2) is 0 Å². The minimum atomic E-state index is 0.619. The zero-order chi connectivity index (χ0) is 17.0. The van der Waals surface area contributed by atoms with Crippen LogP contribution in [0.25, 0.3) is 11.1 Å². The topological polar surface area (TPSA) is 32.3 Å². The van der Waals surface area contributed by atoms with Gasteiger partial charge in [-0.15, -0.1) is 0 Å². The molecule has 1 N–H and O–H groups in total. The van der Waals surface area contributed by atoms with Gasteiger partial charge in [-0.05, 0) is 66.1 Å². The van der Waals surface area contributed by atoms with Crippen LogP contribution in [-0.2, 0) is 6.42 Å². The fraction of sp³-hybridized carbons (Fsp3) is 0.409. The van der Waals surface area contributed by atoms with E-state index in [1.54, 1.807) is 0 Å². The Balaban J connectivity index is 1.71. The van der Waals surface area contributed by atoms with Crippen LogP contribution in [0.2, 0.25) is 0 Å². The number of nitrogens with zero attached hydrogens (tertiary/aromatic N) is 1. The summed E-state index contributed by atoms with van der Waals surface area (Å²) in [7, 11) is 0. The quantitative estimate of drug-likeness (QED) is 0.854. The van der Waals surface area contributed by atoms with E-state index in [4.69, 9.17) is 0 Å². The van der Waals surface area contributed by atoms with Gasteiger partial charge in [0.1, 0.15) is 0 Å². The largest absolute Gasteiger partial charge is 0.371 e. The van der Waals surface area contributed by atoms with Gasteiger partial charge in [-0.2, -0.15) is 0 Å². The first kappa shape index (κ1) is 15.2. The van der Waals surface area contributed by atoms with Gasteiger partial charge in [0.2, 0.25) is 0 Å². The Labute approximate surface area is 149 Å². The number of benzene rings is 2. The van der Waals surface area contributed by atoms with E-state index >= 15 is 0 Å². The van der Waals surface area contributed by atoms with Crippen LogP contribution < -0.4 is 10.2 Å². The summed E-state index contributed by atoms with van der Waals surface area (Å²) >= 11 is 0. The summed E-state index contributed by atoms with van der Waals surface area (Å²) in [4.78, 5) is 14.2. The fourth-order valence-electron chi connectivity index (χ4n) is 5.10. The lowest BCUT2D eigenvalue weighted by Gasteiger charge is -2.42. The maximum atomic E-state index is 11.6. The molecular weight excluding hydrogens is 308 g/mol. The summed E-state index contributed by atoms with van der Waals surface area (Å²) in [6, 6.07) is 10.9. The predicted molar refractivity (Wildman–Crippen MR) is 102 cm³/mol. The second-order valence-corrected chi connectivity index (χ2v) is 7.86. The smallest absolute Gasteiger partial charge is 0.150 e. The van der Waals surface area contributed by atoms with Crippen molar-refractivity contribution in [3.05, 3.63) is 52.6 Å². The highest BCUT2D eigenvalue weighted by Crippen LogP contribution is 2.46. The normalized spacial score (nSPS) is 24.0. The van der Waals surface area contributed by atoms with Gasteiger partial charge in [0.15, 0.2) is 6.29 Å². The summed E-state index contributed by atoms with van der Waals surface area (Å²) in [6.07, 6.45) is 3.38. The molecule has 2 aromatic carbocycles. The van der Waals surface area contributed by atoms with E-state index in [2.05, 4.69) is 34.5 Å². The number of nitrogens with one attached hydrogen (secondary N) is 1. The second-order valence-electron chi connectivity index (χ2n) is 7.86. The summed E-state index contributed by atoms with van der Waals surface area (Å²) in [5.41, 5.74) is 8.70. The fourth-order valence-corrected chi connectivity index (χ4v) is 5.10. The van der Waals surface area contributed by atoms with Crippen molar-refractivity contribution in [2.45, 2.75) is 25.7 Å². The van der Waals surface area contributed by atoms with E-state index in [1.807, 2.05) is 13.0 Å². The summed E-state index contributed by atoms with van der Waals surface area (Å²) in [5, 5.41) is 3.60. The molecule has 0 unspecified atom stereocenters. The number of carbonyl (C=O) groups is 1. The van der Waals surface area contributed by atoms with E-state index in [9.17, 15) is 4.79 Å². The van der Waals surface area contributed by atoms with Crippen LogP contribution in [0.3, 0.4) is 0 Å². The third-order valence-corrected chi connectivity index (χ3v) is 6.25. The van der Waals surface area contributed by atoms with E-state index in [0.717, 1.165) is 48.4 Å². The number of hydrogen-bond donors (Lipinski definition) is 1. The highest BCUT2D eigenvalue weighted by molar-refractivity contribution is 5.89. The molecule has 0 bridgehead atoms. The summed E-state index contributed by atoms with van der Waals surface area (Å²) in [6.45, 7) is 6.64. The standard InChI is InChI=1S/C22H24N2O/c1-14-4-5-19(17(7-14)13-25)16-8-15-3-2-6-24-12-18-10-23-11-21(18)20(9-16)22(15)24/h4-5,7-9,13,18,21,23H,2-3,6,10-12H2,1H3/t18-,21-/m1/s1. The number of rotatable bonds is 2. The van der Waals surface area contributed by atoms with Gasteiger partial charge in [0.05, 0.1) is 0 Å². The molecule has 3 heterocycles.